The van der Waals surface area contributed by atoms with Gasteiger partial charge < -0.3 is 9.64 Å². The Labute approximate surface area is 123 Å². The minimum atomic E-state index is -0.449. The monoisotopic (exact) mass is 299 g/mol. The van der Waals surface area contributed by atoms with E-state index >= 15 is 0 Å². The molecule has 0 aliphatic carbocycles. The van der Waals surface area contributed by atoms with Crippen LogP contribution in [-0.4, -0.2) is 42.5 Å². The average molecular weight is 300 g/mol. The second kappa shape index (κ2) is 7.04. The Balaban J connectivity index is 1.94. The number of ether oxygens (including phenoxy) is 1. The van der Waals surface area contributed by atoms with Crippen molar-refractivity contribution in [2.75, 3.05) is 25.6 Å². The fourth-order valence-electron chi connectivity index (χ4n) is 2.40. The van der Waals surface area contributed by atoms with E-state index in [2.05, 4.69) is 0 Å². The molecule has 1 aliphatic rings. The van der Waals surface area contributed by atoms with Gasteiger partial charge in [-0.3, -0.25) is 4.79 Å². The van der Waals surface area contributed by atoms with Crippen LogP contribution in [0.25, 0.3) is 0 Å². The Morgan fingerprint density at radius 3 is 2.75 bits per heavy atom. The van der Waals surface area contributed by atoms with Crippen molar-refractivity contribution in [3.63, 3.8) is 0 Å². The third-order valence-corrected chi connectivity index (χ3v) is 3.67. The van der Waals surface area contributed by atoms with Gasteiger partial charge in [0.1, 0.15) is 5.82 Å². The second-order valence-electron chi connectivity index (χ2n) is 5.03. The molecule has 1 amide bonds. The smallest absolute Gasteiger partial charge is 0.256 e. The van der Waals surface area contributed by atoms with Crippen LogP contribution in [0.4, 0.5) is 4.39 Å². The number of hydrogen-bond donors (Lipinski definition) is 0. The Morgan fingerprint density at radius 2 is 2.15 bits per heavy atom. The molecule has 0 unspecified atom stereocenters. The van der Waals surface area contributed by atoms with Crippen LogP contribution in [0.1, 0.15) is 28.8 Å². The molecule has 0 atom stereocenters. The molecule has 0 spiro atoms. The number of hydrogen-bond acceptors (Lipinski definition) is 2. The van der Waals surface area contributed by atoms with Crippen molar-refractivity contribution in [1.82, 2.24) is 4.90 Å². The van der Waals surface area contributed by atoms with E-state index in [1.165, 1.54) is 6.07 Å². The van der Waals surface area contributed by atoms with Gasteiger partial charge in [0.2, 0.25) is 0 Å². The Bertz CT molecular complexity index is 473. The van der Waals surface area contributed by atoms with Crippen LogP contribution in [0.5, 0.6) is 0 Å². The first-order valence-corrected chi connectivity index (χ1v) is 7.38. The minimum absolute atomic E-state index is 0.149. The van der Waals surface area contributed by atoms with E-state index in [0.717, 1.165) is 18.4 Å². The molecule has 1 aromatic carbocycles. The Hall–Kier alpha value is -1.13. The van der Waals surface area contributed by atoms with Crippen LogP contribution < -0.4 is 0 Å². The van der Waals surface area contributed by atoms with Crippen LogP contribution in [0, 0.1) is 12.7 Å². The van der Waals surface area contributed by atoms with Crippen LogP contribution in [0.15, 0.2) is 18.2 Å². The number of halogens is 2. The van der Waals surface area contributed by atoms with Crippen LogP contribution in [-0.2, 0) is 4.74 Å². The lowest BCUT2D eigenvalue weighted by Gasteiger charge is -2.32. The summed E-state index contributed by atoms with van der Waals surface area (Å²) in [6, 6.07) is 4.71. The van der Waals surface area contributed by atoms with Crippen molar-refractivity contribution < 1.29 is 13.9 Å². The summed E-state index contributed by atoms with van der Waals surface area (Å²) in [4.78, 5) is 14.0. The fourth-order valence-corrected chi connectivity index (χ4v) is 2.49. The van der Waals surface area contributed by atoms with Gasteiger partial charge in [0.25, 0.3) is 5.91 Å². The van der Waals surface area contributed by atoms with E-state index in [0.29, 0.717) is 25.6 Å². The molecule has 1 fully saturated rings. The molecule has 3 nitrogen and oxygen atoms in total. The van der Waals surface area contributed by atoms with E-state index in [4.69, 9.17) is 16.3 Å². The second-order valence-corrected chi connectivity index (χ2v) is 5.41. The molecule has 1 aliphatic heterocycles. The highest BCUT2D eigenvalue weighted by atomic mass is 35.5. The number of piperidine rings is 1. The van der Waals surface area contributed by atoms with E-state index in [9.17, 15) is 9.18 Å². The lowest BCUT2D eigenvalue weighted by Crippen LogP contribution is -2.41. The van der Waals surface area contributed by atoms with Crippen LogP contribution in [0.2, 0.25) is 0 Å². The standard InChI is InChI=1S/C15H19ClFNO2/c1-11-2-3-13(14(17)10-11)15(19)18-7-4-12(5-8-18)20-9-6-16/h2-3,10,12H,4-9H2,1H3. The van der Waals surface area contributed by atoms with Crippen LogP contribution in [0.3, 0.4) is 0 Å². The van der Waals surface area contributed by atoms with Crippen molar-refractivity contribution >= 4 is 17.5 Å². The van der Waals surface area contributed by atoms with Gasteiger partial charge >= 0.3 is 0 Å². The highest BCUT2D eigenvalue weighted by Crippen LogP contribution is 2.18. The normalized spacial score (nSPS) is 16.4. The largest absolute Gasteiger partial charge is 0.377 e. The molecular formula is C15H19ClFNO2. The SMILES string of the molecule is Cc1ccc(C(=O)N2CCC(OCCCl)CC2)c(F)c1. The first-order chi connectivity index (χ1) is 9.61. The molecule has 110 valence electrons. The lowest BCUT2D eigenvalue weighted by atomic mass is 10.1. The number of carbonyl (C=O) groups is 1. The summed E-state index contributed by atoms with van der Waals surface area (Å²) in [5.74, 6) is -0.206. The zero-order valence-corrected chi connectivity index (χ0v) is 12.3. The van der Waals surface area contributed by atoms with Gasteiger partial charge in [-0.15, -0.1) is 11.6 Å². The minimum Gasteiger partial charge on any atom is -0.377 e. The molecule has 1 saturated heterocycles. The predicted molar refractivity (Wildman–Crippen MR) is 76.7 cm³/mol. The first kappa shape index (κ1) is 15.3. The van der Waals surface area contributed by atoms with Crippen LogP contribution >= 0.6 is 11.6 Å². The number of aryl methyl sites for hydroxylation is 1. The molecule has 0 bridgehead atoms. The number of amides is 1. The maximum atomic E-state index is 13.8. The van der Waals surface area contributed by atoms with Crippen molar-refractivity contribution in [1.29, 1.82) is 0 Å². The topological polar surface area (TPSA) is 29.5 Å². The molecule has 0 radical (unpaired) electrons. The quantitative estimate of drug-likeness (QED) is 0.800. The van der Waals surface area contributed by atoms with Crippen molar-refractivity contribution in [3.8, 4) is 0 Å². The van der Waals surface area contributed by atoms with E-state index < -0.39 is 5.82 Å². The van der Waals surface area contributed by atoms with Crippen molar-refractivity contribution in [3.05, 3.63) is 35.1 Å². The molecule has 1 aromatic rings. The average Bonchev–Trinajstić information content (AvgIpc) is 2.45. The van der Waals surface area contributed by atoms with Gasteiger partial charge in [0.15, 0.2) is 0 Å². The van der Waals surface area contributed by atoms with Crippen molar-refractivity contribution in [2.24, 2.45) is 0 Å². The number of benzene rings is 1. The maximum absolute atomic E-state index is 13.8. The Morgan fingerprint density at radius 1 is 1.45 bits per heavy atom. The summed E-state index contributed by atoms with van der Waals surface area (Å²) in [7, 11) is 0. The summed E-state index contributed by atoms with van der Waals surface area (Å²) in [5, 5.41) is 0. The van der Waals surface area contributed by atoms with Gasteiger partial charge in [0, 0.05) is 19.0 Å². The zero-order valence-electron chi connectivity index (χ0n) is 11.6. The summed E-state index contributed by atoms with van der Waals surface area (Å²) in [6.07, 6.45) is 1.70. The molecular weight excluding hydrogens is 281 g/mol. The molecule has 0 saturated carbocycles. The molecule has 5 heteroatoms. The van der Waals surface area contributed by atoms with Gasteiger partial charge in [-0.25, -0.2) is 4.39 Å². The van der Waals surface area contributed by atoms with Gasteiger partial charge in [-0.05, 0) is 37.5 Å². The van der Waals surface area contributed by atoms with Gasteiger partial charge in [-0.1, -0.05) is 6.07 Å². The van der Waals surface area contributed by atoms with Gasteiger partial charge in [0.05, 0.1) is 18.3 Å². The molecule has 20 heavy (non-hydrogen) atoms. The highest BCUT2D eigenvalue weighted by molar-refractivity contribution is 6.17. The van der Waals surface area contributed by atoms with Crippen molar-refractivity contribution in [2.45, 2.75) is 25.9 Å². The molecule has 0 N–H and O–H groups in total. The third-order valence-electron chi connectivity index (χ3n) is 3.51. The highest BCUT2D eigenvalue weighted by Gasteiger charge is 2.25. The third kappa shape index (κ3) is 3.70. The predicted octanol–water partition coefficient (Wildman–Crippen LogP) is 2.99. The lowest BCUT2D eigenvalue weighted by molar-refractivity contribution is 0.0153. The number of alkyl halides is 1. The summed E-state index contributed by atoms with van der Waals surface area (Å²) < 4.78 is 19.4. The molecule has 2 rings (SSSR count). The number of carbonyl (C=O) groups excluding carboxylic acids is 1. The summed E-state index contributed by atoms with van der Waals surface area (Å²) in [5.41, 5.74) is 0.961. The number of rotatable bonds is 4. The van der Waals surface area contributed by atoms with E-state index in [-0.39, 0.29) is 17.6 Å². The van der Waals surface area contributed by atoms with E-state index in [1.807, 2.05) is 0 Å². The maximum Gasteiger partial charge on any atom is 0.256 e. The van der Waals surface area contributed by atoms with Gasteiger partial charge in [-0.2, -0.15) is 0 Å². The number of nitrogens with zero attached hydrogens (tertiary/aromatic N) is 1. The number of likely N-dealkylation sites (tertiary alicyclic amines) is 1. The zero-order chi connectivity index (χ0) is 14.5. The molecule has 0 aromatic heterocycles. The Kier molecular flexibility index (Phi) is 5.38. The summed E-state index contributed by atoms with van der Waals surface area (Å²) in [6.45, 7) is 3.53. The first-order valence-electron chi connectivity index (χ1n) is 6.85. The molecule has 1 heterocycles. The fraction of sp³-hybridized carbons (Fsp3) is 0.533. The summed E-state index contributed by atoms with van der Waals surface area (Å²) >= 11 is 5.58. The van der Waals surface area contributed by atoms with E-state index in [1.54, 1.807) is 24.0 Å².